The third-order valence-electron chi connectivity index (χ3n) is 7.45. The zero-order valence-electron chi connectivity index (χ0n) is 21.5. The molecule has 0 N–H and O–H groups in total. The quantitative estimate of drug-likeness (QED) is 0.497. The molecule has 0 bridgehead atoms. The van der Waals surface area contributed by atoms with Crippen molar-refractivity contribution in [3.63, 3.8) is 0 Å². The van der Waals surface area contributed by atoms with Gasteiger partial charge in [-0.25, -0.2) is 23.2 Å². The van der Waals surface area contributed by atoms with E-state index in [1.54, 1.807) is 35.7 Å². The van der Waals surface area contributed by atoms with Gasteiger partial charge in [0.2, 0.25) is 0 Å². The van der Waals surface area contributed by atoms with Gasteiger partial charge in [-0.2, -0.15) is 0 Å². The van der Waals surface area contributed by atoms with E-state index in [0.717, 1.165) is 18.8 Å². The maximum absolute atomic E-state index is 14.5. The summed E-state index contributed by atoms with van der Waals surface area (Å²) >= 11 is 0. The highest BCUT2D eigenvalue weighted by Gasteiger charge is 2.41. The number of rotatable bonds is 8. The molecule has 10 nitrogen and oxygen atoms in total. The molecule has 0 radical (unpaired) electrons. The van der Waals surface area contributed by atoms with Gasteiger partial charge >= 0.3 is 12.0 Å². The number of aromatic nitrogens is 4. The van der Waals surface area contributed by atoms with Gasteiger partial charge in [0.1, 0.15) is 5.69 Å². The molecule has 3 aliphatic rings. The third-order valence-corrected chi connectivity index (χ3v) is 7.45. The highest BCUT2D eigenvalue weighted by atomic mass is 19.3. The van der Waals surface area contributed by atoms with Gasteiger partial charge in [-0.15, -0.1) is 5.10 Å². The Balaban J connectivity index is 1.33. The van der Waals surface area contributed by atoms with Gasteiger partial charge in [-0.1, -0.05) is 5.21 Å². The van der Waals surface area contributed by atoms with E-state index < -0.39 is 24.4 Å². The average Bonchev–Trinajstić information content (AvgIpc) is 3.50. The summed E-state index contributed by atoms with van der Waals surface area (Å²) in [5, 5.41) is 8.47. The smallest absolute Gasteiger partial charge is 0.320 e. The minimum Gasteiger partial charge on any atom is -0.469 e. The van der Waals surface area contributed by atoms with E-state index in [2.05, 4.69) is 15.0 Å². The molecule has 1 unspecified atom stereocenters. The highest BCUT2D eigenvalue weighted by molar-refractivity contribution is 5.77. The van der Waals surface area contributed by atoms with Crippen LogP contribution in [0.1, 0.15) is 37.1 Å². The topological polar surface area (TPSA) is 96.7 Å². The Bertz CT molecular complexity index is 1180. The molecule has 2 aromatic rings. The van der Waals surface area contributed by atoms with Crippen molar-refractivity contribution in [3.8, 4) is 11.4 Å². The largest absolute Gasteiger partial charge is 0.469 e. The summed E-state index contributed by atoms with van der Waals surface area (Å²) in [5.41, 5.74) is 3.08. The summed E-state index contributed by atoms with van der Waals surface area (Å²) < 4.78 is 35.4. The standard InChI is InChI=1S/C25H33F2N7O3/c1-16-20(34-13-18(10-22(35)37-3)11-25(26,27)15-34)7-6-19(28-16)23-21(31(2)30-29-23)14-33-9-8-32(24(33)36)12-17-4-5-17/h6-7,17-18H,4-5,8-15H2,1-3H3. The molecular formula is C25H33F2N7O3. The van der Waals surface area contributed by atoms with Gasteiger partial charge in [0, 0.05) is 39.6 Å². The molecule has 0 spiro atoms. The van der Waals surface area contributed by atoms with Gasteiger partial charge in [0.25, 0.3) is 5.92 Å². The maximum Gasteiger partial charge on any atom is 0.320 e. The number of hydrogen-bond acceptors (Lipinski definition) is 7. The van der Waals surface area contributed by atoms with Crippen LogP contribution >= 0.6 is 0 Å². The lowest BCUT2D eigenvalue weighted by molar-refractivity contribution is -0.142. The number of urea groups is 1. The Kier molecular flexibility index (Phi) is 6.76. The van der Waals surface area contributed by atoms with E-state index in [0.29, 0.717) is 48.3 Å². The number of esters is 1. The molecule has 2 saturated heterocycles. The van der Waals surface area contributed by atoms with Gasteiger partial charge in [-0.3, -0.25) is 4.79 Å². The van der Waals surface area contributed by atoms with Crippen molar-refractivity contribution in [2.24, 2.45) is 18.9 Å². The van der Waals surface area contributed by atoms with E-state index in [9.17, 15) is 18.4 Å². The number of ether oxygens (including phenoxy) is 1. The van der Waals surface area contributed by atoms with E-state index in [-0.39, 0.29) is 18.9 Å². The maximum atomic E-state index is 14.5. The lowest BCUT2D eigenvalue weighted by Gasteiger charge is -2.39. The van der Waals surface area contributed by atoms with Crippen LogP contribution in [0.4, 0.5) is 19.3 Å². The number of aryl methyl sites for hydroxylation is 2. The number of alkyl halides is 2. The first-order valence-electron chi connectivity index (χ1n) is 12.7. The Labute approximate surface area is 214 Å². The predicted molar refractivity (Wildman–Crippen MR) is 131 cm³/mol. The molecule has 5 rings (SSSR count). The first-order chi connectivity index (χ1) is 17.6. The van der Waals surface area contributed by atoms with Crippen molar-refractivity contribution in [3.05, 3.63) is 23.5 Å². The summed E-state index contributed by atoms with van der Waals surface area (Å²) in [6, 6.07) is 3.56. The zero-order chi connectivity index (χ0) is 26.3. The number of hydrogen-bond donors (Lipinski definition) is 0. The number of carbonyl (C=O) groups is 2. The second-order valence-electron chi connectivity index (χ2n) is 10.5. The van der Waals surface area contributed by atoms with Gasteiger partial charge < -0.3 is 19.4 Å². The molecule has 0 aromatic carbocycles. The van der Waals surface area contributed by atoms with E-state index in [1.165, 1.54) is 20.0 Å². The minimum absolute atomic E-state index is 0.0334. The predicted octanol–water partition coefficient (Wildman–Crippen LogP) is 2.86. The summed E-state index contributed by atoms with van der Waals surface area (Å²) in [7, 11) is 3.05. The van der Waals surface area contributed by atoms with Crippen molar-refractivity contribution in [1.29, 1.82) is 0 Å². The number of halogens is 2. The second kappa shape index (κ2) is 9.86. The van der Waals surface area contributed by atoms with E-state index in [4.69, 9.17) is 4.98 Å². The molecule has 2 amide bonds. The van der Waals surface area contributed by atoms with Crippen molar-refractivity contribution in [2.45, 2.75) is 45.1 Å². The monoisotopic (exact) mass is 517 g/mol. The number of methoxy groups -OCH3 is 1. The molecule has 1 saturated carbocycles. The Hall–Kier alpha value is -3.31. The second-order valence-corrected chi connectivity index (χ2v) is 10.5. The van der Waals surface area contributed by atoms with Crippen LogP contribution in [0.25, 0.3) is 11.4 Å². The van der Waals surface area contributed by atoms with Gasteiger partial charge in [0.15, 0.2) is 0 Å². The zero-order valence-corrected chi connectivity index (χ0v) is 21.5. The number of carbonyl (C=O) groups excluding carboxylic acids is 2. The van der Waals surface area contributed by atoms with Crippen molar-refractivity contribution >= 4 is 17.7 Å². The van der Waals surface area contributed by atoms with Crippen LogP contribution in [0, 0.1) is 18.8 Å². The molecular weight excluding hydrogens is 484 g/mol. The van der Waals surface area contributed by atoms with Crippen molar-refractivity contribution < 1.29 is 23.1 Å². The Morgan fingerprint density at radius 1 is 1.19 bits per heavy atom. The lowest BCUT2D eigenvalue weighted by Crippen LogP contribution is -2.48. The number of nitrogens with zero attached hydrogens (tertiary/aromatic N) is 7. The minimum atomic E-state index is -2.92. The summed E-state index contributed by atoms with van der Waals surface area (Å²) in [5.74, 6) is -3.29. The fourth-order valence-corrected chi connectivity index (χ4v) is 5.36. The Morgan fingerprint density at radius 2 is 1.95 bits per heavy atom. The van der Waals surface area contributed by atoms with Gasteiger partial charge in [0.05, 0.1) is 49.4 Å². The van der Waals surface area contributed by atoms with E-state index >= 15 is 0 Å². The SMILES string of the molecule is COC(=O)CC1CN(c2ccc(-c3nnn(C)c3CN3CCN(CC4CC4)C3=O)nc2C)CC(F)(F)C1. The van der Waals surface area contributed by atoms with E-state index in [1.807, 2.05) is 9.80 Å². The Morgan fingerprint density at radius 3 is 2.65 bits per heavy atom. The van der Waals surface area contributed by atoms with Crippen LogP contribution in [0.15, 0.2) is 12.1 Å². The summed E-state index contributed by atoms with van der Waals surface area (Å²) in [6.07, 6.45) is 1.99. The molecule has 2 aliphatic heterocycles. The number of pyridine rings is 1. The van der Waals surface area contributed by atoms with Crippen LogP contribution in [-0.4, -0.2) is 87.5 Å². The van der Waals surface area contributed by atoms with Gasteiger partial charge in [-0.05, 0) is 43.7 Å². The number of piperidine rings is 1. The highest BCUT2D eigenvalue weighted by Crippen LogP contribution is 2.36. The molecule has 37 heavy (non-hydrogen) atoms. The number of amides is 2. The lowest BCUT2D eigenvalue weighted by atomic mass is 9.91. The summed E-state index contributed by atoms with van der Waals surface area (Å²) in [6.45, 7) is 4.22. The molecule has 4 heterocycles. The first-order valence-corrected chi connectivity index (χ1v) is 12.7. The van der Waals surface area contributed by atoms with Crippen molar-refractivity contribution in [1.82, 2.24) is 29.8 Å². The van der Waals surface area contributed by atoms with Crippen LogP contribution in [0.5, 0.6) is 0 Å². The molecule has 1 aliphatic carbocycles. The number of anilines is 1. The van der Waals surface area contributed by atoms with Crippen LogP contribution in [0.3, 0.4) is 0 Å². The molecule has 12 heteroatoms. The van der Waals surface area contributed by atoms with Crippen LogP contribution in [-0.2, 0) is 23.1 Å². The fourth-order valence-electron chi connectivity index (χ4n) is 5.36. The molecule has 200 valence electrons. The summed E-state index contributed by atoms with van der Waals surface area (Å²) in [4.78, 5) is 34.6. The molecule has 1 atom stereocenters. The molecule has 3 fully saturated rings. The first kappa shape index (κ1) is 25.3. The van der Waals surface area contributed by atoms with Crippen LogP contribution in [0.2, 0.25) is 0 Å². The van der Waals surface area contributed by atoms with Crippen molar-refractivity contribution in [2.75, 3.05) is 44.7 Å². The third kappa shape index (κ3) is 5.52. The average molecular weight is 518 g/mol. The normalized spacial score (nSPS) is 21.6. The van der Waals surface area contributed by atoms with Crippen LogP contribution < -0.4 is 4.90 Å². The molecule has 2 aromatic heterocycles. The fraction of sp³-hybridized carbons (Fsp3) is 0.640.